The minimum absolute atomic E-state index is 0.0426. The molecule has 15 heavy (non-hydrogen) atoms. The zero-order valence-corrected chi connectivity index (χ0v) is 8.98. The van der Waals surface area contributed by atoms with E-state index < -0.39 is 0 Å². The molecule has 1 aromatic carbocycles. The predicted octanol–water partition coefficient (Wildman–Crippen LogP) is 1.70. The van der Waals surface area contributed by atoms with Crippen LogP contribution in [-0.4, -0.2) is 20.0 Å². The monoisotopic (exact) mass is 207 g/mol. The molecule has 2 rings (SSSR count). The lowest BCUT2D eigenvalue weighted by Crippen LogP contribution is -2.43. The number of nitrogens with two attached hydrogens (primary N) is 1. The zero-order chi connectivity index (χ0) is 10.7. The molecule has 2 N–H and O–H groups in total. The van der Waals surface area contributed by atoms with Crippen LogP contribution < -0.4 is 5.73 Å². The molecule has 1 fully saturated rings. The maximum absolute atomic E-state index is 6.24. The summed E-state index contributed by atoms with van der Waals surface area (Å²) >= 11 is 0. The van der Waals surface area contributed by atoms with Crippen molar-refractivity contribution in [2.45, 2.75) is 13.0 Å². The standard InChI is InChI=1S/C12H17NO2/c1-12(7-14-9-15-8-12)11(13)10-5-3-2-4-6-10/h2-6,11H,7-9,13H2,1H3. The summed E-state index contributed by atoms with van der Waals surface area (Å²) in [6, 6.07) is 10.0. The molecule has 3 heteroatoms. The van der Waals surface area contributed by atoms with Crippen LogP contribution in [0.3, 0.4) is 0 Å². The van der Waals surface area contributed by atoms with Gasteiger partial charge in [0.05, 0.1) is 13.2 Å². The Morgan fingerprint density at radius 3 is 2.40 bits per heavy atom. The third kappa shape index (κ3) is 2.20. The van der Waals surface area contributed by atoms with Crippen molar-refractivity contribution in [2.24, 2.45) is 11.1 Å². The van der Waals surface area contributed by atoms with Gasteiger partial charge in [0.15, 0.2) is 0 Å². The van der Waals surface area contributed by atoms with Gasteiger partial charge in [-0.1, -0.05) is 37.3 Å². The molecule has 0 radical (unpaired) electrons. The van der Waals surface area contributed by atoms with E-state index in [1.807, 2.05) is 30.3 Å². The molecule has 1 saturated heterocycles. The first-order valence-corrected chi connectivity index (χ1v) is 5.18. The van der Waals surface area contributed by atoms with Gasteiger partial charge in [0.25, 0.3) is 0 Å². The van der Waals surface area contributed by atoms with Crippen molar-refractivity contribution in [3.05, 3.63) is 35.9 Å². The van der Waals surface area contributed by atoms with Gasteiger partial charge in [-0.3, -0.25) is 0 Å². The van der Waals surface area contributed by atoms with Gasteiger partial charge in [0, 0.05) is 11.5 Å². The molecule has 3 nitrogen and oxygen atoms in total. The second-order valence-corrected chi connectivity index (χ2v) is 4.36. The van der Waals surface area contributed by atoms with Crippen LogP contribution in [0.5, 0.6) is 0 Å². The van der Waals surface area contributed by atoms with Crippen LogP contribution in [0.2, 0.25) is 0 Å². The molecule has 0 bridgehead atoms. The lowest BCUT2D eigenvalue weighted by atomic mass is 9.80. The molecule has 0 aromatic heterocycles. The Balaban J connectivity index is 2.16. The van der Waals surface area contributed by atoms with Crippen molar-refractivity contribution in [3.8, 4) is 0 Å². The largest absolute Gasteiger partial charge is 0.355 e. The fraction of sp³-hybridized carbons (Fsp3) is 0.500. The van der Waals surface area contributed by atoms with E-state index in [1.165, 1.54) is 0 Å². The van der Waals surface area contributed by atoms with Gasteiger partial charge in [0.2, 0.25) is 0 Å². The number of benzene rings is 1. The topological polar surface area (TPSA) is 44.5 Å². The van der Waals surface area contributed by atoms with Gasteiger partial charge in [-0.2, -0.15) is 0 Å². The van der Waals surface area contributed by atoms with E-state index in [2.05, 4.69) is 6.92 Å². The molecule has 1 aliphatic rings. The first kappa shape index (κ1) is 10.6. The van der Waals surface area contributed by atoms with Crippen molar-refractivity contribution in [2.75, 3.05) is 20.0 Å². The average molecular weight is 207 g/mol. The highest BCUT2D eigenvalue weighted by Crippen LogP contribution is 2.34. The lowest BCUT2D eigenvalue weighted by Gasteiger charge is -2.38. The molecule has 0 amide bonds. The Kier molecular flexibility index (Phi) is 3.05. The summed E-state index contributed by atoms with van der Waals surface area (Å²) in [7, 11) is 0. The Morgan fingerprint density at radius 2 is 1.80 bits per heavy atom. The van der Waals surface area contributed by atoms with Gasteiger partial charge in [-0.15, -0.1) is 0 Å². The van der Waals surface area contributed by atoms with E-state index in [-0.39, 0.29) is 11.5 Å². The molecular formula is C12H17NO2. The fourth-order valence-electron chi connectivity index (χ4n) is 1.89. The minimum Gasteiger partial charge on any atom is -0.355 e. The summed E-state index contributed by atoms with van der Waals surface area (Å²) in [6.45, 7) is 3.80. The zero-order valence-electron chi connectivity index (χ0n) is 8.98. The SMILES string of the molecule is CC1(C(N)c2ccccc2)COCOC1. The summed E-state index contributed by atoms with van der Waals surface area (Å²) in [5.74, 6) is 0. The van der Waals surface area contributed by atoms with Crippen LogP contribution >= 0.6 is 0 Å². The van der Waals surface area contributed by atoms with Gasteiger partial charge >= 0.3 is 0 Å². The number of ether oxygens (including phenoxy) is 2. The van der Waals surface area contributed by atoms with Crippen LogP contribution in [-0.2, 0) is 9.47 Å². The van der Waals surface area contributed by atoms with Crippen molar-refractivity contribution in [1.82, 2.24) is 0 Å². The summed E-state index contributed by atoms with van der Waals surface area (Å²) in [5.41, 5.74) is 7.25. The van der Waals surface area contributed by atoms with Crippen LogP contribution in [0.1, 0.15) is 18.5 Å². The van der Waals surface area contributed by atoms with E-state index in [0.29, 0.717) is 20.0 Å². The molecule has 1 unspecified atom stereocenters. The Labute approximate surface area is 90.2 Å². The third-order valence-electron chi connectivity index (χ3n) is 2.94. The Hall–Kier alpha value is -0.900. The molecule has 1 aromatic rings. The first-order chi connectivity index (χ1) is 7.22. The Morgan fingerprint density at radius 1 is 1.20 bits per heavy atom. The van der Waals surface area contributed by atoms with Gasteiger partial charge in [-0.25, -0.2) is 0 Å². The summed E-state index contributed by atoms with van der Waals surface area (Å²) in [5, 5.41) is 0. The maximum atomic E-state index is 6.24. The summed E-state index contributed by atoms with van der Waals surface area (Å²) in [6.07, 6.45) is 0. The smallest absolute Gasteiger partial charge is 0.146 e. The van der Waals surface area contributed by atoms with E-state index in [4.69, 9.17) is 15.2 Å². The van der Waals surface area contributed by atoms with Gasteiger partial charge < -0.3 is 15.2 Å². The minimum atomic E-state index is -0.125. The van der Waals surface area contributed by atoms with Gasteiger partial charge in [0.1, 0.15) is 6.79 Å². The fourth-order valence-corrected chi connectivity index (χ4v) is 1.89. The number of hydrogen-bond donors (Lipinski definition) is 1. The Bertz CT molecular complexity index is 307. The van der Waals surface area contributed by atoms with Crippen molar-refractivity contribution in [1.29, 1.82) is 0 Å². The van der Waals surface area contributed by atoms with Crippen LogP contribution in [0.25, 0.3) is 0 Å². The van der Waals surface area contributed by atoms with E-state index in [0.717, 1.165) is 5.56 Å². The van der Waals surface area contributed by atoms with E-state index in [9.17, 15) is 0 Å². The molecular weight excluding hydrogens is 190 g/mol. The highest BCUT2D eigenvalue weighted by Gasteiger charge is 2.35. The van der Waals surface area contributed by atoms with Crippen molar-refractivity contribution >= 4 is 0 Å². The highest BCUT2D eigenvalue weighted by atomic mass is 16.7. The molecule has 0 aliphatic carbocycles. The second kappa shape index (κ2) is 4.31. The van der Waals surface area contributed by atoms with Crippen LogP contribution in [0.15, 0.2) is 30.3 Å². The lowest BCUT2D eigenvalue weighted by molar-refractivity contribution is -0.166. The molecule has 82 valence electrons. The predicted molar refractivity (Wildman–Crippen MR) is 58.2 cm³/mol. The molecule has 1 heterocycles. The van der Waals surface area contributed by atoms with Crippen molar-refractivity contribution < 1.29 is 9.47 Å². The number of hydrogen-bond acceptors (Lipinski definition) is 3. The quantitative estimate of drug-likeness (QED) is 0.802. The summed E-state index contributed by atoms with van der Waals surface area (Å²) in [4.78, 5) is 0. The maximum Gasteiger partial charge on any atom is 0.146 e. The second-order valence-electron chi connectivity index (χ2n) is 4.36. The third-order valence-corrected chi connectivity index (χ3v) is 2.94. The highest BCUT2D eigenvalue weighted by molar-refractivity contribution is 5.21. The average Bonchev–Trinajstić information content (AvgIpc) is 2.30. The summed E-state index contributed by atoms with van der Waals surface area (Å²) < 4.78 is 10.7. The van der Waals surface area contributed by atoms with Crippen molar-refractivity contribution in [3.63, 3.8) is 0 Å². The van der Waals surface area contributed by atoms with Crippen LogP contribution in [0.4, 0.5) is 0 Å². The van der Waals surface area contributed by atoms with E-state index >= 15 is 0 Å². The molecule has 1 atom stereocenters. The molecule has 0 saturated carbocycles. The van der Waals surface area contributed by atoms with Crippen LogP contribution in [0, 0.1) is 5.41 Å². The van der Waals surface area contributed by atoms with E-state index in [1.54, 1.807) is 0 Å². The normalized spacial score (nSPS) is 22.3. The molecule has 0 spiro atoms. The first-order valence-electron chi connectivity index (χ1n) is 5.18. The number of rotatable bonds is 2. The molecule has 1 aliphatic heterocycles. The van der Waals surface area contributed by atoms with Gasteiger partial charge in [-0.05, 0) is 5.56 Å².